The van der Waals surface area contributed by atoms with E-state index in [0.29, 0.717) is 12.1 Å². The SMILES string of the molecule is C[C@]1(C(=O)OCC(=O)Nc2ccc3ccccc3c2)CC1(Cl)Cl. The molecule has 2 aromatic rings. The van der Waals surface area contributed by atoms with Gasteiger partial charge in [0.2, 0.25) is 0 Å². The van der Waals surface area contributed by atoms with Gasteiger partial charge in [0.05, 0.1) is 0 Å². The smallest absolute Gasteiger partial charge is 0.315 e. The molecule has 1 atom stereocenters. The molecule has 0 aliphatic heterocycles. The molecule has 0 aromatic heterocycles. The van der Waals surface area contributed by atoms with Crippen molar-refractivity contribution >= 4 is 51.5 Å². The van der Waals surface area contributed by atoms with Gasteiger partial charge in [-0.3, -0.25) is 9.59 Å². The number of alkyl halides is 2. The molecule has 1 aliphatic rings. The van der Waals surface area contributed by atoms with Crippen molar-refractivity contribution in [3.8, 4) is 0 Å². The molecule has 0 radical (unpaired) electrons. The maximum atomic E-state index is 11.9. The summed E-state index contributed by atoms with van der Waals surface area (Å²) in [5.74, 6) is -0.969. The van der Waals surface area contributed by atoms with Gasteiger partial charge in [0, 0.05) is 12.1 Å². The zero-order valence-electron chi connectivity index (χ0n) is 12.4. The van der Waals surface area contributed by atoms with E-state index in [0.717, 1.165) is 10.8 Å². The third-order valence-corrected chi connectivity index (χ3v) is 5.18. The maximum absolute atomic E-state index is 11.9. The molecule has 0 bridgehead atoms. The molecule has 0 unspecified atom stereocenters. The first-order valence-electron chi connectivity index (χ1n) is 7.16. The number of anilines is 1. The van der Waals surface area contributed by atoms with Gasteiger partial charge in [0.25, 0.3) is 5.91 Å². The van der Waals surface area contributed by atoms with Crippen LogP contribution < -0.4 is 5.32 Å². The third-order valence-electron chi connectivity index (χ3n) is 4.08. The van der Waals surface area contributed by atoms with E-state index in [4.69, 9.17) is 27.9 Å². The van der Waals surface area contributed by atoms with Crippen LogP contribution in [0.3, 0.4) is 0 Å². The molecule has 1 N–H and O–H groups in total. The minimum Gasteiger partial charge on any atom is -0.455 e. The number of esters is 1. The van der Waals surface area contributed by atoms with Crippen molar-refractivity contribution in [1.29, 1.82) is 0 Å². The summed E-state index contributed by atoms with van der Waals surface area (Å²) in [5, 5.41) is 4.80. The summed E-state index contributed by atoms with van der Waals surface area (Å²) in [4.78, 5) is 23.8. The van der Waals surface area contributed by atoms with Gasteiger partial charge in [-0.2, -0.15) is 0 Å². The van der Waals surface area contributed by atoms with Gasteiger partial charge < -0.3 is 10.1 Å². The lowest BCUT2D eigenvalue weighted by Gasteiger charge is -2.12. The first-order valence-corrected chi connectivity index (χ1v) is 7.91. The second kappa shape index (κ2) is 5.69. The van der Waals surface area contributed by atoms with Gasteiger partial charge in [-0.05, 0) is 29.8 Å². The fourth-order valence-electron chi connectivity index (χ4n) is 2.38. The van der Waals surface area contributed by atoms with Crippen molar-refractivity contribution in [3.05, 3.63) is 42.5 Å². The molecule has 6 heteroatoms. The van der Waals surface area contributed by atoms with Crippen LogP contribution in [-0.2, 0) is 14.3 Å². The minimum atomic E-state index is -1.10. The molecule has 2 aromatic carbocycles. The molecule has 1 amide bonds. The Labute approximate surface area is 143 Å². The Bertz CT molecular complexity index is 790. The van der Waals surface area contributed by atoms with E-state index in [1.54, 1.807) is 13.0 Å². The Hall–Kier alpha value is -1.78. The Balaban J connectivity index is 1.58. The molecule has 0 spiro atoms. The van der Waals surface area contributed by atoms with Gasteiger partial charge in [-0.1, -0.05) is 30.3 Å². The zero-order valence-corrected chi connectivity index (χ0v) is 13.9. The van der Waals surface area contributed by atoms with Gasteiger partial charge in [0.15, 0.2) is 6.61 Å². The second-order valence-electron chi connectivity index (χ2n) is 5.90. The van der Waals surface area contributed by atoms with E-state index < -0.39 is 21.6 Å². The highest BCUT2D eigenvalue weighted by molar-refractivity contribution is 6.53. The van der Waals surface area contributed by atoms with Crippen LogP contribution in [0.5, 0.6) is 0 Å². The number of carbonyl (C=O) groups is 2. The molecular formula is C17H15Cl2NO3. The number of nitrogens with one attached hydrogen (secondary N) is 1. The molecule has 1 fully saturated rings. The highest BCUT2D eigenvalue weighted by atomic mass is 35.5. The monoisotopic (exact) mass is 351 g/mol. The second-order valence-corrected chi connectivity index (χ2v) is 7.38. The first kappa shape index (κ1) is 16.1. The highest BCUT2D eigenvalue weighted by Crippen LogP contribution is 2.64. The van der Waals surface area contributed by atoms with Gasteiger partial charge in [0.1, 0.15) is 9.75 Å². The molecule has 0 saturated heterocycles. The van der Waals surface area contributed by atoms with Crippen molar-refractivity contribution in [2.24, 2.45) is 5.41 Å². The van der Waals surface area contributed by atoms with Crippen molar-refractivity contribution in [2.75, 3.05) is 11.9 Å². The van der Waals surface area contributed by atoms with Crippen LogP contribution in [0.4, 0.5) is 5.69 Å². The highest BCUT2D eigenvalue weighted by Gasteiger charge is 2.69. The normalized spacial score (nSPS) is 21.7. The van der Waals surface area contributed by atoms with Gasteiger partial charge in [-0.25, -0.2) is 0 Å². The maximum Gasteiger partial charge on any atom is 0.315 e. The van der Waals surface area contributed by atoms with Crippen LogP contribution in [0.15, 0.2) is 42.5 Å². The van der Waals surface area contributed by atoms with Crippen LogP contribution in [-0.4, -0.2) is 22.8 Å². The summed E-state index contributed by atoms with van der Waals surface area (Å²) < 4.78 is 3.91. The number of halogens is 2. The Morgan fingerprint density at radius 1 is 1.17 bits per heavy atom. The number of benzene rings is 2. The number of ether oxygens (including phenoxy) is 1. The van der Waals surface area contributed by atoms with E-state index in [1.807, 2.05) is 36.4 Å². The summed E-state index contributed by atoms with van der Waals surface area (Å²) in [6.45, 7) is 1.25. The first-order chi connectivity index (χ1) is 10.8. The van der Waals surface area contributed by atoms with Crippen LogP contribution in [0.2, 0.25) is 0 Å². The summed E-state index contributed by atoms with van der Waals surface area (Å²) in [6, 6.07) is 13.4. The summed E-state index contributed by atoms with van der Waals surface area (Å²) in [7, 11) is 0. The third kappa shape index (κ3) is 3.14. The Morgan fingerprint density at radius 2 is 1.83 bits per heavy atom. The van der Waals surface area contributed by atoms with Crippen molar-refractivity contribution in [2.45, 2.75) is 17.7 Å². The van der Waals surface area contributed by atoms with Crippen molar-refractivity contribution < 1.29 is 14.3 Å². The van der Waals surface area contributed by atoms with Crippen molar-refractivity contribution in [3.63, 3.8) is 0 Å². The lowest BCUT2D eigenvalue weighted by Crippen LogP contribution is -2.26. The Morgan fingerprint density at radius 3 is 2.48 bits per heavy atom. The molecule has 3 rings (SSSR count). The number of hydrogen-bond acceptors (Lipinski definition) is 3. The average Bonchev–Trinajstić information content (AvgIpc) is 3.04. The van der Waals surface area contributed by atoms with E-state index in [-0.39, 0.29) is 6.61 Å². The van der Waals surface area contributed by atoms with Gasteiger partial charge >= 0.3 is 5.97 Å². The van der Waals surface area contributed by atoms with E-state index in [9.17, 15) is 9.59 Å². The predicted molar refractivity (Wildman–Crippen MR) is 90.7 cm³/mol. The molecule has 4 nitrogen and oxygen atoms in total. The van der Waals surface area contributed by atoms with Crippen LogP contribution in [0, 0.1) is 5.41 Å². The predicted octanol–water partition coefficient (Wildman–Crippen LogP) is 3.91. The van der Waals surface area contributed by atoms with E-state index >= 15 is 0 Å². The lowest BCUT2D eigenvalue weighted by atomic mass is 10.1. The average molecular weight is 352 g/mol. The fourth-order valence-corrected chi connectivity index (χ4v) is 3.06. The summed E-state index contributed by atoms with van der Waals surface area (Å²) in [6.07, 6.45) is 0.328. The molecule has 0 heterocycles. The molecule has 1 saturated carbocycles. The number of hydrogen-bond donors (Lipinski definition) is 1. The lowest BCUT2D eigenvalue weighted by molar-refractivity contribution is -0.152. The minimum absolute atomic E-state index is 0.328. The topological polar surface area (TPSA) is 55.4 Å². The fraction of sp³-hybridized carbons (Fsp3) is 0.294. The number of carbonyl (C=O) groups excluding carboxylic acids is 2. The number of fused-ring (bicyclic) bond motifs is 1. The van der Waals surface area contributed by atoms with Crippen LogP contribution in [0.1, 0.15) is 13.3 Å². The van der Waals surface area contributed by atoms with Crippen molar-refractivity contribution in [1.82, 2.24) is 0 Å². The van der Waals surface area contributed by atoms with E-state index in [2.05, 4.69) is 5.32 Å². The number of rotatable bonds is 4. The molecule has 1 aliphatic carbocycles. The number of amides is 1. The van der Waals surface area contributed by atoms with Crippen LogP contribution in [0.25, 0.3) is 10.8 Å². The zero-order chi connectivity index (χ0) is 16.7. The standard InChI is InChI=1S/C17H15Cl2NO3/c1-16(10-17(16,18)19)15(22)23-9-14(21)20-13-7-6-11-4-2-3-5-12(11)8-13/h2-8H,9-10H2,1H3,(H,20,21)/t16-/m1/s1. The summed E-state index contributed by atoms with van der Waals surface area (Å²) >= 11 is 11.8. The quantitative estimate of drug-likeness (QED) is 0.671. The molecule has 23 heavy (non-hydrogen) atoms. The van der Waals surface area contributed by atoms with Gasteiger partial charge in [-0.15, -0.1) is 23.2 Å². The summed E-state index contributed by atoms with van der Waals surface area (Å²) in [5.41, 5.74) is -0.286. The largest absolute Gasteiger partial charge is 0.455 e. The van der Waals surface area contributed by atoms with Crippen LogP contribution >= 0.6 is 23.2 Å². The Kier molecular flexibility index (Phi) is 3.98. The van der Waals surface area contributed by atoms with E-state index in [1.165, 1.54) is 0 Å². The molecular weight excluding hydrogens is 337 g/mol. The molecule has 120 valence electrons.